The van der Waals surface area contributed by atoms with Gasteiger partial charge in [0, 0.05) is 5.56 Å². The van der Waals surface area contributed by atoms with Crippen LogP contribution in [0.3, 0.4) is 0 Å². The maximum Gasteiger partial charge on any atom is 0.339 e. The van der Waals surface area contributed by atoms with Crippen molar-refractivity contribution in [3.63, 3.8) is 0 Å². The monoisotopic (exact) mass is 606 g/mol. The van der Waals surface area contributed by atoms with Gasteiger partial charge < -0.3 is 19.8 Å². The third-order valence-electron chi connectivity index (χ3n) is 8.34. The van der Waals surface area contributed by atoms with Crippen LogP contribution in [0.4, 0.5) is 0 Å². The van der Waals surface area contributed by atoms with Gasteiger partial charge in [0.2, 0.25) is 5.75 Å². The highest BCUT2D eigenvalue weighted by Crippen LogP contribution is 2.46. The highest BCUT2D eigenvalue weighted by atomic mass is 17.2. The fourth-order valence-corrected chi connectivity index (χ4v) is 5.70. The number of aromatic carboxylic acids is 1. The summed E-state index contributed by atoms with van der Waals surface area (Å²) in [4.78, 5) is 23.8. The molecular weight excluding hydrogens is 540 g/mol. The summed E-state index contributed by atoms with van der Waals surface area (Å²) < 4.78 is 6.39. The van der Waals surface area contributed by atoms with Crippen LogP contribution in [-0.4, -0.2) is 29.4 Å². The van der Waals surface area contributed by atoms with Gasteiger partial charge in [0.1, 0.15) is 5.56 Å². The molecule has 0 aliphatic heterocycles. The van der Waals surface area contributed by atoms with Crippen molar-refractivity contribution in [2.45, 2.75) is 182 Å². The van der Waals surface area contributed by atoms with E-state index in [1.54, 1.807) is 0 Å². The summed E-state index contributed by atoms with van der Waals surface area (Å²) in [6.45, 7) is 9.66. The number of benzene rings is 1. The molecule has 1 aromatic rings. The minimum atomic E-state index is -1.14. The number of carboxylic acids is 1. The zero-order valence-corrected chi connectivity index (χ0v) is 28.4. The zero-order valence-electron chi connectivity index (χ0n) is 28.4. The molecule has 0 saturated carbocycles. The first-order chi connectivity index (χ1) is 21.0. The summed E-state index contributed by atoms with van der Waals surface area (Å²) in [5, 5.41) is 21.5. The van der Waals surface area contributed by atoms with Crippen LogP contribution in [0, 0.1) is 0 Å². The van der Waals surface area contributed by atoms with Crippen LogP contribution in [0.1, 0.15) is 190 Å². The van der Waals surface area contributed by atoms with E-state index in [0.29, 0.717) is 37.4 Å². The number of ether oxygens (including phenoxy) is 1. The van der Waals surface area contributed by atoms with Gasteiger partial charge in [-0.2, -0.15) is 4.89 Å². The lowest BCUT2D eigenvalue weighted by Gasteiger charge is -2.22. The van der Waals surface area contributed by atoms with Crippen molar-refractivity contribution in [2.24, 2.45) is 0 Å². The number of carboxylic acid groups (broad SMARTS) is 1. The van der Waals surface area contributed by atoms with Crippen molar-refractivity contribution in [3.8, 4) is 17.2 Å². The van der Waals surface area contributed by atoms with Gasteiger partial charge in [-0.3, -0.25) is 0 Å². The summed E-state index contributed by atoms with van der Waals surface area (Å²) in [7, 11) is 0. The average molecular weight is 607 g/mol. The first-order valence-corrected chi connectivity index (χ1v) is 18.1. The highest BCUT2D eigenvalue weighted by Gasteiger charge is 2.30. The summed E-state index contributed by atoms with van der Waals surface area (Å²) in [6, 6.07) is 0. The van der Waals surface area contributed by atoms with Crippen molar-refractivity contribution >= 4 is 5.97 Å². The van der Waals surface area contributed by atoms with E-state index in [0.717, 1.165) is 69.8 Å². The zero-order chi connectivity index (χ0) is 31.5. The normalized spacial score (nSPS) is 11.3. The molecule has 0 atom stereocenters. The number of unbranched alkanes of at least 4 members (excludes halogenated alkanes) is 18. The first kappa shape index (κ1) is 39.1. The molecule has 0 radical (unpaired) electrons. The van der Waals surface area contributed by atoms with Crippen LogP contribution in [0.5, 0.6) is 17.2 Å². The lowest BCUT2D eigenvalue weighted by Crippen LogP contribution is -2.13. The van der Waals surface area contributed by atoms with Crippen LogP contribution in [0.25, 0.3) is 0 Å². The van der Waals surface area contributed by atoms with E-state index in [4.69, 9.17) is 14.5 Å². The van der Waals surface area contributed by atoms with Crippen molar-refractivity contribution in [3.05, 3.63) is 16.7 Å². The van der Waals surface area contributed by atoms with Gasteiger partial charge in [-0.1, -0.05) is 143 Å². The van der Waals surface area contributed by atoms with Gasteiger partial charge in [0.25, 0.3) is 0 Å². The lowest BCUT2D eigenvalue weighted by molar-refractivity contribution is -0.209. The van der Waals surface area contributed by atoms with Gasteiger partial charge in [-0.25, -0.2) is 4.79 Å². The van der Waals surface area contributed by atoms with E-state index in [1.165, 1.54) is 77.0 Å². The molecule has 0 unspecified atom stereocenters. The van der Waals surface area contributed by atoms with E-state index < -0.39 is 5.97 Å². The molecule has 0 amide bonds. The molecule has 0 bridgehead atoms. The maximum atomic E-state index is 12.5. The molecule has 250 valence electrons. The van der Waals surface area contributed by atoms with Crippen molar-refractivity contribution in [2.75, 3.05) is 13.2 Å². The van der Waals surface area contributed by atoms with Crippen LogP contribution in [0.15, 0.2) is 0 Å². The minimum Gasteiger partial charge on any atom is -0.503 e. The van der Waals surface area contributed by atoms with E-state index >= 15 is 0 Å². The molecule has 0 fully saturated rings. The third-order valence-corrected chi connectivity index (χ3v) is 8.34. The molecule has 2 N–H and O–H groups in total. The van der Waals surface area contributed by atoms with Gasteiger partial charge in [-0.15, -0.1) is 0 Å². The van der Waals surface area contributed by atoms with E-state index in [2.05, 4.69) is 27.7 Å². The molecule has 6 nitrogen and oxygen atoms in total. The quantitative estimate of drug-likeness (QED) is 0.0515. The number of hydrogen-bond acceptors (Lipinski definition) is 5. The number of carbonyl (C=O) groups is 1. The third kappa shape index (κ3) is 16.6. The molecule has 0 aromatic heterocycles. The lowest BCUT2D eigenvalue weighted by atomic mass is 9.90. The fourth-order valence-electron chi connectivity index (χ4n) is 5.70. The van der Waals surface area contributed by atoms with E-state index in [-0.39, 0.29) is 17.1 Å². The van der Waals surface area contributed by atoms with Crippen molar-refractivity contribution < 1.29 is 29.5 Å². The van der Waals surface area contributed by atoms with Crippen LogP contribution >= 0.6 is 0 Å². The average Bonchev–Trinajstić information content (AvgIpc) is 2.99. The predicted molar refractivity (Wildman–Crippen MR) is 179 cm³/mol. The molecule has 6 heteroatoms. The second-order valence-corrected chi connectivity index (χ2v) is 12.3. The Morgan fingerprint density at radius 3 is 1.44 bits per heavy atom. The van der Waals surface area contributed by atoms with Gasteiger partial charge in [0.05, 0.1) is 13.2 Å². The van der Waals surface area contributed by atoms with E-state index in [1.807, 2.05) is 0 Å². The van der Waals surface area contributed by atoms with Gasteiger partial charge in [-0.05, 0) is 44.1 Å². The molecule has 0 aliphatic carbocycles. The second-order valence-electron chi connectivity index (χ2n) is 12.3. The topological polar surface area (TPSA) is 85.2 Å². The largest absolute Gasteiger partial charge is 0.503 e. The first-order valence-electron chi connectivity index (χ1n) is 18.1. The summed E-state index contributed by atoms with van der Waals surface area (Å²) in [5.41, 5.74) is 1.49. The Morgan fingerprint density at radius 1 is 0.535 bits per heavy atom. The molecule has 0 heterocycles. The summed E-state index contributed by atoms with van der Waals surface area (Å²) in [5.74, 6) is -1.00. The van der Waals surface area contributed by atoms with Crippen molar-refractivity contribution in [1.29, 1.82) is 0 Å². The van der Waals surface area contributed by atoms with Crippen molar-refractivity contribution in [1.82, 2.24) is 0 Å². The summed E-state index contributed by atoms with van der Waals surface area (Å²) >= 11 is 0. The highest BCUT2D eigenvalue weighted by molar-refractivity contribution is 5.95. The SMILES string of the molecule is CCCCCCCCCCOOc1c(O)c(C(=O)O)c(CCCCC)c(CCCCC)c1OCCCCCCCCCC. The Hall–Kier alpha value is -1.95. The van der Waals surface area contributed by atoms with Crippen LogP contribution in [0.2, 0.25) is 0 Å². The standard InChI is InChI=1S/C37H66O6/c1-5-9-13-15-17-19-21-25-29-41-35-32(28-24-12-8-4)31(27-23-11-7-3)33(37(39)40)34(38)36(35)43-42-30-26-22-20-18-16-14-10-6-2/h38H,5-30H2,1-4H3,(H,39,40). The van der Waals surface area contributed by atoms with Crippen LogP contribution < -0.4 is 9.62 Å². The number of rotatable bonds is 30. The second kappa shape index (κ2) is 26.5. The van der Waals surface area contributed by atoms with E-state index in [9.17, 15) is 15.0 Å². The Labute approximate surface area is 264 Å². The fraction of sp³-hybridized carbons (Fsp3) is 0.811. The minimum absolute atomic E-state index is 0.0299. The smallest absolute Gasteiger partial charge is 0.339 e. The maximum absolute atomic E-state index is 12.5. The van der Waals surface area contributed by atoms with Crippen LogP contribution in [-0.2, 0) is 17.7 Å². The molecule has 0 saturated heterocycles. The Morgan fingerprint density at radius 2 is 0.953 bits per heavy atom. The van der Waals surface area contributed by atoms with Gasteiger partial charge >= 0.3 is 5.97 Å². The number of aromatic hydroxyl groups is 1. The predicted octanol–water partition coefficient (Wildman–Crippen LogP) is 11.5. The Balaban J connectivity index is 3.08. The number of hydrogen-bond donors (Lipinski definition) is 2. The molecule has 43 heavy (non-hydrogen) atoms. The molecule has 0 aliphatic rings. The Bertz CT molecular complexity index is 837. The molecule has 1 rings (SSSR count). The molecular formula is C37H66O6. The summed E-state index contributed by atoms with van der Waals surface area (Å²) in [6.07, 6.45) is 26.3. The van der Waals surface area contributed by atoms with Gasteiger partial charge in [0.15, 0.2) is 11.5 Å². The Kier molecular flexibility index (Phi) is 24.0. The molecule has 0 spiro atoms. The molecule has 1 aromatic carbocycles. The number of phenols is 1.